The van der Waals surface area contributed by atoms with Crippen LogP contribution >= 0.6 is 11.6 Å². The molecule has 1 spiro atoms. The molecule has 0 radical (unpaired) electrons. The Balaban J connectivity index is 1.70. The molecule has 0 aliphatic carbocycles. The summed E-state index contributed by atoms with van der Waals surface area (Å²) in [6, 6.07) is 9.45. The van der Waals surface area contributed by atoms with Gasteiger partial charge in [0.2, 0.25) is 5.79 Å². The van der Waals surface area contributed by atoms with Crippen molar-refractivity contribution in [1.82, 2.24) is 0 Å². The third kappa shape index (κ3) is 3.85. The van der Waals surface area contributed by atoms with Crippen LogP contribution in [-0.2, 0) is 28.3 Å². The van der Waals surface area contributed by atoms with Crippen LogP contribution in [0.2, 0.25) is 5.02 Å². The maximum absolute atomic E-state index is 10.7. The summed E-state index contributed by atoms with van der Waals surface area (Å²) in [6.07, 6.45) is -5.07. The fourth-order valence-corrected chi connectivity index (χ4v) is 4.57. The molecule has 0 bridgehead atoms. The Bertz CT molecular complexity index is 963. The Morgan fingerprint density at radius 2 is 1.90 bits per heavy atom. The number of rotatable bonds is 5. The highest BCUT2D eigenvalue weighted by atomic mass is 35.5. The number of hydrogen-bond donors (Lipinski definition) is 4. The highest BCUT2D eigenvalue weighted by molar-refractivity contribution is 6.31. The second kappa shape index (κ2) is 8.67. The van der Waals surface area contributed by atoms with Gasteiger partial charge in [0.05, 0.1) is 19.8 Å². The molecule has 1 fully saturated rings. The molecular formula is C23H27ClO7. The van der Waals surface area contributed by atoms with Gasteiger partial charge in [-0.25, -0.2) is 0 Å². The van der Waals surface area contributed by atoms with Gasteiger partial charge in [0.1, 0.15) is 30.2 Å². The number of halogens is 1. The summed E-state index contributed by atoms with van der Waals surface area (Å²) in [5.74, 6) is -0.883. The number of benzene rings is 2. The predicted molar refractivity (Wildman–Crippen MR) is 113 cm³/mol. The van der Waals surface area contributed by atoms with E-state index >= 15 is 0 Å². The van der Waals surface area contributed by atoms with E-state index < -0.39 is 36.8 Å². The third-order valence-electron chi connectivity index (χ3n) is 6.05. The number of aliphatic hydroxyl groups is 4. The van der Waals surface area contributed by atoms with Gasteiger partial charge in [-0.05, 0) is 66.8 Å². The molecular weight excluding hydrogens is 424 g/mol. The van der Waals surface area contributed by atoms with Crippen molar-refractivity contribution in [2.75, 3.05) is 13.2 Å². The number of aryl methyl sites for hydroxylation is 1. The van der Waals surface area contributed by atoms with Crippen molar-refractivity contribution >= 4 is 11.6 Å². The molecule has 2 aromatic carbocycles. The molecule has 5 atom stereocenters. The highest BCUT2D eigenvalue weighted by Gasteiger charge is 2.58. The molecule has 2 aliphatic heterocycles. The van der Waals surface area contributed by atoms with Gasteiger partial charge in [0, 0.05) is 10.6 Å². The Labute approximate surface area is 185 Å². The van der Waals surface area contributed by atoms with Gasteiger partial charge >= 0.3 is 0 Å². The Morgan fingerprint density at radius 1 is 1.13 bits per heavy atom. The molecule has 2 aromatic rings. The topological polar surface area (TPSA) is 109 Å². The van der Waals surface area contributed by atoms with Crippen molar-refractivity contribution in [3.8, 4) is 5.75 Å². The van der Waals surface area contributed by atoms with Crippen molar-refractivity contribution in [3.63, 3.8) is 0 Å². The molecule has 168 valence electrons. The molecule has 0 unspecified atom stereocenters. The lowest BCUT2D eigenvalue weighted by molar-refractivity contribution is -0.368. The van der Waals surface area contributed by atoms with Crippen molar-refractivity contribution in [2.24, 2.45) is 0 Å². The normalized spacial score (nSPS) is 29.9. The smallest absolute Gasteiger partial charge is 0.225 e. The Hall–Kier alpha value is -1.71. The van der Waals surface area contributed by atoms with Gasteiger partial charge in [-0.15, -0.1) is 0 Å². The predicted octanol–water partition coefficient (Wildman–Crippen LogP) is 1.79. The summed E-state index contributed by atoms with van der Waals surface area (Å²) in [5.41, 5.74) is 4.17. The van der Waals surface area contributed by atoms with Crippen LogP contribution in [0, 0.1) is 6.92 Å². The van der Waals surface area contributed by atoms with Crippen LogP contribution in [0.1, 0.15) is 34.7 Å². The first-order valence-electron chi connectivity index (χ1n) is 10.3. The van der Waals surface area contributed by atoms with E-state index in [4.69, 9.17) is 25.8 Å². The van der Waals surface area contributed by atoms with Crippen LogP contribution in [0.15, 0.2) is 30.3 Å². The second-order valence-electron chi connectivity index (χ2n) is 8.02. The molecule has 8 heteroatoms. The molecule has 2 aliphatic rings. The summed E-state index contributed by atoms with van der Waals surface area (Å²) < 4.78 is 17.2. The van der Waals surface area contributed by atoms with E-state index in [2.05, 4.69) is 0 Å². The van der Waals surface area contributed by atoms with E-state index in [1.807, 2.05) is 38.1 Å². The van der Waals surface area contributed by atoms with E-state index in [-0.39, 0.29) is 6.61 Å². The Morgan fingerprint density at radius 3 is 2.58 bits per heavy atom. The van der Waals surface area contributed by atoms with Crippen molar-refractivity contribution in [3.05, 3.63) is 63.2 Å². The summed E-state index contributed by atoms with van der Waals surface area (Å²) >= 11 is 6.55. The van der Waals surface area contributed by atoms with E-state index in [1.54, 1.807) is 6.07 Å². The lowest BCUT2D eigenvalue weighted by Crippen LogP contribution is -2.63. The van der Waals surface area contributed by atoms with E-state index in [9.17, 15) is 20.4 Å². The Kier molecular flexibility index (Phi) is 6.29. The number of fused-ring (bicyclic) bond motifs is 2. The van der Waals surface area contributed by atoms with Crippen LogP contribution in [0.25, 0.3) is 0 Å². The molecule has 7 nitrogen and oxygen atoms in total. The van der Waals surface area contributed by atoms with Crippen LogP contribution in [0.3, 0.4) is 0 Å². The fourth-order valence-electron chi connectivity index (χ4n) is 4.31. The van der Waals surface area contributed by atoms with Gasteiger partial charge < -0.3 is 34.6 Å². The number of hydrogen-bond acceptors (Lipinski definition) is 7. The lowest BCUT2D eigenvalue weighted by atomic mass is 9.86. The molecule has 0 aromatic heterocycles. The monoisotopic (exact) mass is 450 g/mol. The van der Waals surface area contributed by atoms with Crippen LogP contribution in [0.5, 0.6) is 5.75 Å². The van der Waals surface area contributed by atoms with Gasteiger partial charge in [-0.1, -0.05) is 17.7 Å². The lowest BCUT2D eigenvalue weighted by Gasteiger charge is -2.46. The minimum absolute atomic E-state index is 0.120. The van der Waals surface area contributed by atoms with Gasteiger partial charge in [-0.3, -0.25) is 0 Å². The zero-order valence-electron chi connectivity index (χ0n) is 17.4. The molecule has 2 heterocycles. The largest absolute Gasteiger partial charge is 0.494 e. The first-order chi connectivity index (χ1) is 14.8. The number of ether oxygens (including phenoxy) is 3. The summed E-state index contributed by atoms with van der Waals surface area (Å²) in [5, 5.41) is 41.3. The first kappa shape index (κ1) is 22.5. The van der Waals surface area contributed by atoms with Gasteiger partial charge in [0.15, 0.2) is 0 Å². The summed E-state index contributed by atoms with van der Waals surface area (Å²) in [6.45, 7) is 4.12. The summed E-state index contributed by atoms with van der Waals surface area (Å²) in [4.78, 5) is 0. The molecule has 0 saturated carbocycles. The molecule has 4 N–H and O–H groups in total. The zero-order valence-corrected chi connectivity index (χ0v) is 18.2. The average Bonchev–Trinajstić information content (AvgIpc) is 3.09. The maximum Gasteiger partial charge on any atom is 0.225 e. The highest BCUT2D eigenvalue weighted by Crippen LogP contribution is 2.47. The standard InChI is InChI=1S/C23H27ClO7/c1-3-29-16-5-4-13(12(2)6-16)7-14-8-17-15(9-18(14)24)11-30-23(17)22(28)21(27)20(26)19(10-25)31-23/h4-6,8-9,19-22,25-28H,3,7,10-11H2,1-2H3/t19-,20-,21+,22-,23+/m1/s1. The minimum atomic E-state index is -1.69. The maximum atomic E-state index is 10.7. The van der Waals surface area contributed by atoms with Crippen LogP contribution in [-0.4, -0.2) is 58.1 Å². The fraction of sp³-hybridized carbons (Fsp3) is 0.478. The quantitative estimate of drug-likeness (QED) is 0.550. The molecule has 0 amide bonds. The van der Waals surface area contributed by atoms with E-state index in [0.717, 1.165) is 28.0 Å². The van der Waals surface area contributed by atoms with Gasteiger partial charge in [0.25, 0.3) is 0 Å². The van der Waals surface area contributed by atoms with Gasteiger partial charge in [-0.2, -0.15) is 0 Å². The number of aliphatic hydroxyl groups excluding tert-OH is 4. The molecule has 31 heavy (non-hydrogen) atoms. The van der Waals surface area contributed by atoms with Crippen molar-refractivity contribution in [1.29, 1.82) is 0 Å². The average molecular weight is 451 g/mol. The first-order valence-corrected chi connectivity index (χ1v) is 10.7. The second-order valence-corrected chi connectivity index (χ2v) is 8.43. The van der Waals surface area contributed by atoms with Crippen molar-refractivity contribution in [2.45, 2.75) is 57.1 Å². The van der Waals surface area contributed by atoms with Crippen LogP contribution in [0.4, 0.5) is 0 Å². The molecule has 1 saturated heterocycles. The zero-order chi connectivity index (χ0) is 22.3. The van der Waals surface area contributed by atoms with E-state index in [0.29, 0.717) is 23.6 Å². The van der Waals surface area contributed by atoms with Crippen LogP contribution < -0.4 is 4.74 Å². The summed E-state index contributed by atoms with van der Waals surface area (Å²) in [7, 11) is 0. The van der Waals surface area contributed by atoms with Crippen molar-refractivity contribution < 1.29 is 34.6 Å². The minimum Gasteiger partial charge on any atom is -0.494 e. The SMILES string of the molecule is CCOc1ccc(Cc2cc3c(cc2Cl)CO[C@]32O[C@H](CO)[C@@H](O)[C@H](O)[C@H]2O)c(C)c1. The molecule has 4 rings (SSSR count). The third-order valence-corrected chi connectivity index (χ3v) is 6.40. The van der Waals surface area contributed by atoms with E-state index in [1.165, 1.54) is 0 Å².